The maximum absolute atomic E-state index is 3.16. The van der Waals surface area contributed by atoms with Crippen LogP contribution in [0.2, 0.25) is 0 Å². The molecular formula is C24H39P. The first-order chi connectivity index (χ1) is 11.5. The van der Waals surface area contributed by atoms with Gasteiger partial charge in [0.1, 0.15) is 0 Å². The summed E-state index contributed by atoms with van der Waals surface area (Å²) in [5.41, 5.74) is 3.44. The van der Waals surface area contributed by atoms with Gasteiger partial charge in [0, 0.05) is 0 Å². The Kier molecular flexibility index (Phi) is 3.17. The first-order valence-electron chi connectivity index (χ1n) is 10.9. The summed E-state index contributed by atoms with van der Waals surface area (Å²) < 4.78 is 0. The molecule has 10 unspecified atom stereocenters. The van der Waals surface area contributed by atoms with E-state index in [1.165, 1.54) is 12.8 Å². The van der Waals surface area contributed by atoms with Crippen LogP contribution in [-0.2, 0) is 0 Å². The molecule has 0 aliphatic heterocycles. The van der Waals surface area contributed by atoms with Crippen molar-refractivity contribution < 1.29 is 0 Å². The van der Waals surface area contributed by atoms with Crippen LogP contribution >= 0.6 is 9.24 Å². The standard InChI is InChI=1S/C24H39P/c1-11(2)17-15-10-16(20(17)22(4,5)6)24(8)18-13-9-14(21(25)12(13)3)19(18)23(15,24)7/h11,13-20H,9-10,25H2,1-8H3/t13?,14?,15?,16?,17?,18?,19?,20?,23-,24?/m1/s1. The Morgan fingerprint density at radius 3 is 2.08 bits per heavy atom. The normalized spacial score (nSPS) is 58.8. The molecule has 0 aromatic carbocycles. The van der Waals surface area contributed by atoms with E-state index >= 15 is 0 Å². The number of hydrogen-bond acceptors (Lipinski definition) is 0. The molecule has 0 aromatic heterocycles. The van der Waals surface area contributed by atoms with E-state index in [9.17, 15) is 0 Å². The van der Waals surface area contributed by atoms with Crippen LogP contribution in [0.15, 0.2) is 10.9 Å². The van der Waals surface area contributed by atoms with Gasteiger partial charge in [-0.15, -0.1) is 9.24 Å². The van der Waals surface area contributed by atoms with Gasteiger partial charge in [0.15, 0.2) is 0 Å². The first-order valence-corrected chi connectivity index (χ1v) is 11.5. The summed E-state index contributed by atoms with van der Waals surface area (Å²) in [4.78, 5) is 0. The van der Waals surface area contributed by atoms with E-state index in [2.05, 4.69) is 64.6 Å². The molecule has 25 heavy (non-hydrogen) atoms. The van der Waals surface area contributed by atoms with Crippen LogP contribution in [0.4, 0.5) is 0 Å². The van der Waals surface area contributed by atoms with Crippen LogP contribution in [0.3, 0.4) is 0 Å². The highest BCUT2D eigenvalue weighted by Gasteiger charge is 2.85. The monoisotopic (exact) mass is 358 g/mol. The van der Waals surface area contributed by atoms with E-state index in [1.54, 1.807) is 10.9 Å². The van der Waals surface area contributed by atoms with Gasteiger partial charge < -0.3 is 0 Å². The average molecular weight is 359 g/mol. The van der Waals surface area contributed by atoms with E-state index < -0.39 is 0 Å². The Morgan fingerprint density at radius 1 is 0.960 bits per heavy atom. The lowest BCUT2D eigenvalue weighted by Crippen LogP contribution is -2.70. The zero-order valence-electron chi connectivity index (χ0n) is 17.7. The number of rotatable bonds is 1. The molecule has 0 radical (unpaired) electrons. The molecule has 0 N–H and O–H groups in total. The molecule has 5 aliphatic rings. The topological polar surface area (TPSA) is 0 Å². The second-order valence-electron chi connectivity index (χ2n) is 12.4. The fourth-order valence-electron chi connectivity index (χ4n) is 10.3. The molecule has 0 heterocycles. The van der Waals surface area contributed by atoms with Crippen LogP contribution in [0.5, 0.6) is 0 Å². The molecular weight excluding hydrogens is 319 g/mol. The van der Waals surface area contributed by atoms with Gasteiger partial charge in [-0.25, -0.2) is 0 Å². The van der Waals surface area contributed by atoms with Crippen molar-refractivity contribution in [1.29, 1.82) is 0 Å². The summed E-state index contributed by atoms with van der Waals surface area (Å²) in [5.74, 6) is 8.47. The van der Waals surface area contributed by atoms with Crippen molar-refractivity contribution in [3.8, 4) is 0 Å². The predicted octanol–water partition coefficient (Wildman–Crippen LogP) is 6.63. The lowest BCUT2D eigenvalue weighted by molar-refractivity contribution is -0.264. The summed E-state index contributed by atoms with van der Waals surface area (Å²) in [6.07, 6.45) is 3.02. The molecule has 0 aromatic rings. The highest BCUT2D eigenvalue weighted by atomic mass is 31.0. The van der Waals surface area contributed by atoms with Crippen molar-refractivity contribution in [3.63, 3.8) is 0 Å². The molecule has 0 amide bonds. The third kappa shape index (κ3) is 1.56. The summed E-state index contributed by atoms with van der Waals surface area (Å²) >= 11 is 0. The number of allylic oxidation sites excluding steroid dienone is 2. The van der Waals surface area contributed by atoms with E-state index in [4.69, 9.17) is 0 Å². The Labute approximate surface area is 158 Å². The molecule has 140 valence electrons. The number of hydrogen-bond donors (Lipinski definition) is 0. The van der Waals surface area contributed by atoms with Crippen molar-refractivity contribution in [2.75, 3.05) is 0 Å². The van der Waals surface area contributed by atoms with Gasteiger partial charge in [0.2, 0.25) is 0 Å². The Morgan fingerprint density at radius 2 is 1.52 bits per heavy atom. The highest BCUT2D eigenvalue weighted by molar-refractivity contribution is 7.22. The highest BCUT2D eigenvalue weighted by Crippen LogP contribution is 2.90. The van der Waals surface area contributed by atoms with Gasteiger partial charge >= 0.3 is 0 Å². The van der Waals surface area contributed by atoms with E-state index in [1.807, 2.05) is 0 Å². The lowest BCUT2D eigenvalue weighted by atomic mass is 9.30. The molecule has 11 atom stereocenters. The molecule has 4 fully saturated rings. The fourth-order valence-corrected chi connectivity index (χ4v) is 10.8. The zero-order chi connectivity index (χ0) is 18.3. The Balaban J connectivity index is 1.64. The summed E-state index contributed by atoms with van der Waals surface area (Å²) in [7, 11) is 3.16. The molecule has 0 saturated heterocycles. The van der Waals surface area contributed by atoms with Gasteiger partial charge in [-0.1, -0.05) is 54.0 Å². The van der Waals surface area contributed by atoms with Crippen molar-refractivity contribution in [1.82, 2.24) is 0 Å². The average Bonchev–Trinajstić information content (AvgIpc) is 3.18. The smallest absolute Gasteiger partial charge is 0.0120 e. The first kappa shape index (κ1) is 17.3. The van der Waals surface area contributed by atoms with E-state index in [-0.39, 0.29) is 0 Å². The zero-order valence-corrected chi connectivity index (χ0v) is 18.8. The third-order valence-electron chi connectivity index (χ3n) is 10.8. The minimum atomic E-state index is 0.456. The predicted molar refractivity (Wildman–Crippen MR) is 110 cm³/mol. The van der Waals surface area contributed by atoms with Gasteiger partial charge in [-0.2, -0.15) is 0 Å². The molecule has 1 heteroatoms. The van der Waals surface area contributed by atoms with Crippen molar-refractivity contribution in [2.45, 2.75) is 68.2 Å². The molecule has 4 saturated carbocycles. The van der Waals surface area contributed by atoms with Gasteiger partial charge in [-0.3, -0.25) is 0 Å². The second kappa shape index (κ2) is 4.59. The lowest BCUT2D eigenvalue weighted by Gasteiger charge is -2.74. The largest absolute Gasteiger partial charge is 0.110 e. The van der Waals surface area contributed by atoms with Gasteiger partial charge in [0.05, 0.1) is 0 Å². The van der Waals surface area contributed by atoms with E-state index in [0.29, 0.717) is 16.2 Å². The van der Waals surface area contributed by atoms with Gasteiger partial charge in [0.25, 0.3) is 0 Å². The minimum Gasteiger partial charge on any atom is -0.110 e. The molecule has 5 aliphatic carbocycles. The summed E-state index contributed by atoms with van der Waals surface area (Å²) in [6, 6.07) is 0. The van der Waals surface area contributed by atoms with Crippen molar-refractivity contribution in [2.24, 2.45) is 69.5 Å². The fraction of sp³-hybridized carbons (Fsp3) is 0.917. The molecule has 5 rings (SSSR count). The van der Waals surface area contributed by atoms with Crippen LogP contribution in [0, 0.1) is 69.5 Å². The van der Waals surface area contributed by atoms with Crippen molar-refractivity contribution in [3.05, 3.63) is 10.9 Å². The SMILES string of the molecule is CC1=C(P)C2CC1C1C2[C@@]2(C)C3CC(C(C(C)(C)C)C3C(C)C)C12C. The van der Waals surface area contributed by atoms with Crippen molar-refractivity contribution >= 4 is 9.24 Å². The summed E-state index contributed by atoms with van der Waals surface area (Å²) in [5, 5.41) is 1.71. The van der Waals surface area contributed by atoms with Crippen LogP contribution in [0.1, 0.15) is 68.2 Å². The Bertz CT molecular complexity index is 666. The maximum atomic E-state index is 3.16. The number of fused-ring (bicyclic) bond motifs is 12. The minimum absolute atomic E-state index is 0.456. The second-order valence-corrected chi connectivity index (χ2v) is 13.0. The molecule has 4 bridgehead atoms. The maximum Gasteiger partial charge on any atom is -0.0120 e. The van der Waals surface area contributed by atoms with Crippen LogP contribution < -0.4 is 0 Å². The third-order valence-corrected chi connectivity index (χ3v) is 11.7. The van der Waals surface area contributed by atoms with E-state index in [0.717, 1.165) is 53.3 Å². The quantitative estimate of drug-likeness (QED) is 0.462. The van der Waals surface area contributed by atoms with Crippen LogP contribution in [-0.4, -0.2) is 0 Å². The molecule has 0 nitrogen and oxygen atoms in total. The summed E-state index contributed by atoms with van der Waals surface area (Å²) in [6.45, 7) is 20.6. The Hall–Kier alpha value is 0.170. The van der Waals surface area contributed by atoms with Gasteiger partial charge in [-0.05, 0) is 94.6 Å². The van der Waals surface area contributed by atoms with Crippen LogP contribution in [0.25, 0.3) is 0 Å². The molecule has 0 spiro atoms.